The van der Waals surface area contributed by atoms with Gasteiger partial charge in [-0.2, -0.15) is 0 Å². The van der Waals surface area contributed by atoms with E-state index in [-0.39, 0.29) is 30.9 Å². The quantitative estimate of drug-likeness (QED) is 0.848. The number of ether oxygens (including phenoxy) is 1. The van der Waals surface area contributed by atoms with Gasteiger partial charge in [-0.25, -0.2) is 14.2 Å². The fourth-order valence-corrected chi connectivity index (χ4v) is 3.71. The average Bonchev–Trinajstić information content (AvgIpc) is 3.40. The molecule has 8 nitrogen and oxygen atoms in total. The zero-order valence-corrected chi connectivity index (χ0v) is 15.5. The summed E-state index contributed by atoms with van der Waals surface area (Å²) in [6.45, 7) is 3.37. The Kier molecular flexibility index (Phi) is 4.89. The van der Waals surface area contributed by atoms with Crippen molar-refractivity contribution >= 4 is 23.4 Å². The van der Waals surface area contributed by atoms with Gasteiger partial charge in [0.1, 0.15) is 11.9 Å². The summed E-state index contributed by atoms with van der Waals surface area (Å²) in [5, 5.41) is 2.62. The van der Waals surface area contributed by atoms with Crippen molar-refractivity contribution in [3.05, 3.63) is 42.7 Å². The third kappa shape index (κ3) is 3.64. The lowest BCUT2D eigenvalue weighted by molar-refractivity contribution is -0.119. The van der Waals surface area contributed by atoms with Crippen LogP contribution in [0.5, 0.6) is 0 Å². The number of hydrogen-bond acceptors (Lipinski definition) is 5. The number of imidazole rings is 1. The van der Waals surface area contributed by atoms with Gasteiger partial charge < -0.3 is 19.5 Å². The van der Waals surface area contributed by atoms with E-state index in [2.05, 4.69) is 10.3 Å². The summed E-state index contributed by atoms with van der Waals surface area (Å²) in [7, 11) is 0. The van der Waals surface area contributed by atoms with E-state index < -0.39 is 12.2 Å². The molecule has 1 N–H and O–H groups in total. The minimum atomic E-state index is -0.538. The van der Waals surface area contributed by atoms with Crippen LogP contribution < -0.4 is 15.1 Å². The molecule has 1 aromatic heterocycles. The first-order valence-corrected chi connectivity index (χ1v) is 9.26. The molecule has 2 fully saturated rings. The molecule has 9 heteroatoms. The van der Waals surface area contributed by atoms with E-state index in [1.54, 1.807) is 24.7 Å². The highest BCUT2D eigenvalue weighted by molar-refractivity contribution is 5.90. The molecule has 148 valence electrons. The van der Waals surface area contributed by atoms with Gasteiger partial charge in [-0.3, -0.25) is 9.69 Å². The molecule has 4 rings (SSSR count). The Bertz CT molecular complexity index is 872. The molecule has 2 aromatic rings. The van der Waals surface area contributed by atoms with Crippen molar-refractivity contribution in [3.63, 3.8) is 0 Å². The number of carbonyl (C=O) groups excluding carboxylic acids is 2. The number of anilines is 2. The van der Waals surface area contributed by atoms with Crippen LogP contribution in [0.3, 0.4) is 0 Å². The summed E-state index contributed by atoms with van der Waals surface area (Å²) >= 11 is 0. The zero-order chi connectivity index (χ0) is 19.7. The Morgan fingerprint density at radius 3 is 2.96 bits per heavy atom. The molecule has 2 aliphatic rings. The van der Waals surface area contributed by atoms with Gasteiger partial charge in [-0.05, 0) is 24.6 Å². The summed E-state index contributed by atoms with van der Waals surface area (Å²) in [4.78, 5) is 30.6. The maximum absolute atomic E-state index is 14.8. The Morgan fingerprint density at radius 1 is 1.39 bits per heavy atom. The standard InChI is InChI=1S/C19H22FN5O3/c1-13(26)22-9-16-11-25(19(27)28-16)14-2-3-18(17(20)8-14)23-6-4-15(10-23)24-7-5-21-12-24/h2-3,5,7-8,12,15-16H,4,6,9-11H2,1H3,(H,22,26)/t15-,16-/m0/s1. The van der Waals surface area contributed by atoms with Crippen molar-refractivity contribution in [1.82, 2.24) is 14.9 Å². The summed E-state index contributed by atoms with van der Waals surface area (Å²) in [5.74, 6) is -0.564. The summed E-state index contributed by atoms with van der Waals surface area (Å²) < 4.78 is 22.1. The van der Waals surface area contributed by atoms with E-state index in [0.29, 0.717) is 17.9 Å². The first kappa shape index (κ1) is 18.3. The average molecular weight is 387 g/mol. The number of cyclic esters (lactones) is 1. The van der Waals surface area contributed by atoms with Crippen molar-refractivity contribution < 1.29 is 18.7 Å². The Hall–Kier alpha value is -3.10. The fraction of sp³-hybridized carbons (Fsp3) is 0.421. The number of benzene rings is 1. The third-order valence-corrected chi connectivity index (χ3v) is 5.15. The highest BCUT2D eigenvalue weighted by Gasteiger charge is 2.33. The van der Waals surface area contributed by atoms with Gasteiger partial charge in [0.2, 0.25) is 5.91 Å². The maximum Gasteiger partial charge on any atom is 0.414 e. The van der Waals surface area contributed by atoms with Crippen molar-refractivity contribution in [3.8, 4) is 0 Å². The van der Waals surface area contributed by atoms with Crippen LogP contribution in [0.4, 0.5) is 20.6 Å². The van der Waals surface area contributed by atoms with Crippen LogP contribution in [0, 0.1) is 5.82 Å². The monoisotopic (exact) mass is 387 g/mol. The predicted octanol–water partition coefficient (Wildman–Crippen LogP) is 1.93. The van der Waals surface area contributed by atoms with Crippen LogP contribution in [-0.2, 0) is 9.53 Å². The topological polar surface area (TPSA) is 79.7 Å². The minimum absolute atomic E-state index is 0.190. The molecule has 0 aliphatic carbocycles. The molecule has 28 heavy (non-hydrogen) atoms. The molecule has 3 heterocycles. The zero-order valence-electron chi connectivity index (χ0n) is 15.5. The second-order valence-electron chi connectivity index (χ2n) is 7.09. The number of carbonyl (C=O) groups is 2. The van der Waals surface area contributed by atoms with Gasteiger partial charge in [0.05, 0.1) is 36.8 Å². The molecule has 2 amide bonds. The van der Waals surface area contributed by atoms with E-state index in [1.165, 1.54) is 17.9 Å². The number of hydrogen-bond donors (Lipinski definition) is 1. The van der Waals surface area contributed by atoms with Crippen LogP contribution in [0.25, 0.3) is 0 Å². The van der Waals surface area contributed by atoms with Crippen LogP contribution in [-0.4, -0.2) is 53.8 Å². The molecule has 0 spiro atoms. The molecule has 0 saturated carbocycles. The molecule has 0 radical (unpaired) electrons. The fourth-order valence-electron chi connectivity index (χ4n) is 3.71. The normalized spacial score (nSPS) is 21.9. The van der Waals surface area contributed by atoms with Crippen LogP contribution in [0.15, 0.2) is 36.9 Å². The van der Waals surface area contributed by atoms with Gasteiger partial charge in [-0.15, -0.1) is 0 Å². The van der Waals surface area contributed by atoms with E-state index in [9.17, 15) is 14.0 Å². The molecule has 1 aromatic carbocycles. The number of nitrogens with zero attached hydrogens (tertiary/aromatic N) is 4. The largest absolute Gasteiger partial charge is 0.442 e. The van der Waals surface area contributed by atoms with Gasteiger partial charge in [0, 0.05) is 32.4 Å². The second kappa shape index (κ2) is 7.49. The lowest BCUT2D eigenvalue weighted by Gasteiger charge is -2.21. The third-order valence-electron chi connectivity index (χ3n) is 5.15. The van der Waals surface area contributed by atoms with Crippen molar-refractivity contribution in [1.29, 1.82) is 0 Å². The van der Waals surface area contributed by atoms with Crippen LogP contribution >= 0.6 is 0 Å². The second-order valence-corrected chi connectivity index (χ2v) is 7.09. The molecule has 2 atom stereocenters. The van der Waals surface area contributed by atoms with Gasteiger partial charge in [0.15, 0.2) is 0 Å². The van der Waals surface area contributed by atoms with Crippen molar-refractivity contribution in [2.75, 3.05) is 36.0 Å². The number of halogens is 1. The van der Waals surface area contributed by atoms with Gasteiger partial charge in [0.25, 0.3) is 0 Å². The lowest BCUT2D eigenvalue weighted by Crippen LogP contribution is -2.33. The van der Waals surface area contributed by atoms with Crippen molar-refractivity contribution in [2.24, 2.45) is 0 Å². The highest BCUT2D eigenvalue weighted by Crippen LogP contribution is 2.32. The van der Waals surface area contributed by atoms with E-state index in [0.717, 1.165) is 13.0 Å². The molecular weight excluding hydrogens is 365 g/mol. The van der Waals surface area contributed by atoms with Gasteiger partial charge in [-0.1, -0.05) is 0 Å². The molecule has 2 aliphatic heterocycles. The summed E-state index contributed by atoms with van der Waals surface area (Å²) in [6, 6.07) is 5.06. The Morgan fingerprint density at radius 2 is 2.25 bits per heavy atom. The Labute approximate surface area is 161 Å². The lowest BCUT2D eigenvalue weighted by atomic mass is 10.2. The first-order valence-electron chi connectivity index (χ1n) is 9.26. The maximum atomic E-state index is 14.8. The Balaban J connectivity index is 1.43. The molecule has 2 saturated heterocycles. The minimum Gasteiger partial charge on any atom is -0.442 e. The number of nitrogens with one attached hydrogen (secondary N) is 1. The summed E-state index contributed by atoms with van der Waals surface area (Å²) in [5.41, 5.74) is 0.968. The van der Waals surface area contributed by atoms with E-state index >= 15 is 0 Å². The number of aromatic nitrogens is 2. The van der Waals surface area contributed by atoms with Crippen LogP contribution in [0.1, 0.15) is 19.4 Å². The SMILES string of the molecule is CC(=O)NC[C@H]1CN(c2ccc(N3CC[C@H](n4ccnc4)C3)c(F)c2)C(=O)O1. The summed E-state index contributed by atoms with van der Waals surface area (Å²) in [6.07, 6.45) is 5.37. The van der Waals surface area contributed by atoms with E-state index in [4.69, 9.17) is 4.74 Å². The van der Waals surface area contributed by atoms with Gasteiger partial charge >= 0.3 is 6.09 Å². The smallest absolute Gasteiger partial charge is 0.414 e. The number of rotatable bonds is 5. The van der Waals surface area contributed by atoms with Crippen LogP contribution in [0.2, 0.25) is 0 Å². The van der Waals surface area contributed by atoms with Crippen molar-refractivity contribution in [2.45, 2.75) is 25.5 Å². The van der Waals surface area contributed by atoms with E-state index in [1.807, 2.05) is 15.7 Å². The molecule has 0 unspecified atom stereocenters. The number of amides is 2. The molecular formula is C19H22FN5O3. The molecule has 0 bridgehead atoms. The first-order chi connectivity index (χ1) is 13.5. The highest BCUT2D eigenvalue weighted by atomic mass is 19.1. The predicted molar refractivity (Wildman–Crippen MR) is 101 cm³/mol.